The van der Waals surface area contributed by atoms with Gasteiger partial charge in [0.15, 0.2) is 0 Å². The smallest absolute Gasteiger partial charge is 0.240 e. The second kappa shape index (κ2) is 9.27. The number of hydrogen-bond acceptors (Lipinski definition) is 5. The van der Waals surface area contributed by atoms with Gasteiger partial charge in [-0.3, -0.25) is 9.59 Å². The summed E-state index contributed by atoms with van der Waals surface area (Å²) in [7, 11) is 0. The maximum Gasteiger partial charge on any atom is 0.240 e. The summed E-state index contributed by atoms with van der Waals surface area (Å²) >= 11 is 0. The maximum atomic E-state index is 11.8. The average Bonchev–Trinajstić information content (AvgIpc) is 3.00. The molecule has 0 aliphatic rings. The first-order valence-corrected chi connectivity index (χ1v) is 7.98. The number of nitrogens with zero attached hydrogens (tertiary/aromatic N) is 1. The van der Waals surface area contributed by atoms with Gasteiger partial charge in [0.1, 0.15) is 17.3 Å². The van der Waals surface area contributed by atoms with Crippen molar-refractivity contribution in [1.29, 1.82) is 0 Å². The van der Waals surface area contributed by atoms with Crippen molar-refractivity contribution in [3.05, 3.63) is 47.9 Å². The van der Waals surface area contributed by atoms with Crippen LogP contribution in [0, 0.1) is 6.92 Å². The molecule has 0 aliphatic heterocycles. The lowest BCUT2D eigenvalue weighted by atomic mass is 10.2. The zero-order valence-electron chi connectivity index (χ0n) is 14.2. The molecule has 1 aromatic carbocycles. The van der Waals surface area contributed by atoms with E-state index in [1.807, 2.05) is 13.8 Å². The van der Waals surface area contributed by atoms with E-state index in [1.165, 1.54) is 6.21 Å². The van der Waals surface area contributed by atoms with Crippen molar-refractivity contribution in [3.8, 4) is 5.75 Å². The van der Waals surface area contributed by atoms with Crippen molar-refractivity contribution in [2.45, 2.75) is 26.7 Å². The topological polar surface area (TPSA) is 92.9 Å². The molecule has 0 saturated carbocycles. The number of carbonyl (C=O) groups is 2. The average molecular weight is 343 g/mol. The van der Waals surface area contributed by atoms with Crippen LogP contribution in [0.2, 0.25) is 0 Å². The van der Waals surface area contributed by atoms with Gasteiger partial charge in [0.2, 0.25) is 11.8 Å². The standard InChI is InChI=1S/C18H21N3O4/c1-3-24-15-8-5-14(6-9-15)20-17(22)10-11-18(23)21-19-12-16-7-4-13(2)25-16/h4-9,12H,3,10-11H2,1-2H3,(H,20,22)(H,21,23). The molecular weight excluding hydrogens is 322 g/mol. The Bertz CT molecular complexity index is 735. The molecule has 7 nitrogen and oxygen atoms in total. The van der Waals surface area contributed by atoms with E-state index in [9.17, 15) is 9.59 Å². The molecule has 0 saturated heterocycles. The molecule has 1 heterocycles. The highest BCUT2D eigenvalue weighted by atomic mass is 16.5. The lowest BCUT2D eigenvalue weighted by Crippen LogP contribution is -2.20. The van der Waals surface area contributed by atoms with Gasteiger partial charge in [-0.25, -0.2) is 5.43 Å². The Labute approximate surface area is 146 Å². The number of anilines is 1. The second-order valence-corrected chi connectivity index (χ2v) is 5.25. The molecule has 0 bridgehead atoms. The third kappa shape index (κ3) is 6.50. The van der Waals surface area contributed by atoms with E-state index in [4.69, 9.17) is 9.15 Å². The van der Waals surface area contributed by atoms with E-state index in [2.05, 4.69) is 15.8 Å². The lowest BCUT2D eigenvalue weighted by Gasteiger charge is -2.06. The molecule has 7 heteroatoms. The van der Waals surface area contributed by atoms with Gasteiger partial charge < -0.3 is 14.5 Å². The van der Waals surface area contributed by atoms with Crippen LogP contribution < -0.4 is 15.5 Å². The fourth-order valence-electron chi connectivity index (χ4n) is 2.00. The Kier molecular flexibility index (Phi) is 6.76. The highest BCUT2D eigenvalue weighted by Crippen LogP contribution is 2.15. The fourth-order valence-corrected chi connectivity index (χ4v) is 2.00. The summed E-state index contributed by atoms with van der Waals surface area (Å²) in [5, 5.41) is 6.50. The van der Waals surface area contributed by atoms with Gasteiger partial charge in [0.25, 0.3) is 0 Å². The quantitative estimate of drug-likeness (QED) is 0.569. The van der Waals surface area contributed by atoms with Crippen molar-refractivity contribution in [3.63, 3.8) is 0 Å². The molecule has 2 N–H and O–H groups in total. The number of hydrazone groups is 1. The number of benzene rings is 1. The van der Waals surface area contributed by atoms with Crippen LogP contribution in [0.15, 0.2) is 45.9 Å². The minimum atomic E-state index is -0.346. The van der Waals surface area contributed by atoms with Crippen LogP contribution in [0.5, 0.6) is 5.75 Å². The third-order valence-corrected chi connectivity index (χ3v) is 3.17. The number of furan rings is 1. The molecular formula is C18H21N3O4. The number of aryl methyl sites for hydroxylation is 1. The first kappa shape index (κ1) is 18.3. The van der Waals surface area contributed by atoms with Crippen LogP contribution in [0.4, 0.5) is 5.69 Å². The van der Waals surface area contributed by atoms with Crippen LogP contribution in [0.1, 0.15) is 31.3 Å². The van der Waals surface area contributed by atoms with Crippen LogP contribution in [0.25, 0.3) is 0 Å². The highest BCUT2D eigenvalue weighted by molar-refractivity contribution is 5.93. The summed E-state index contributed by atoms with van der Waals surface area (Å²) in [5.41, 5.74) is 3.01. The van der Waals surface area contributed by atoms with Crippen LogP contribution in [-0.4, -0.2) is 24.6 Å². The number of nitrogens with one attached hydrogen (secondary N) is 2. The highest BCUT2D eigenvalue weighted by Gasteiger charge is 2.07. The third-order valence-electron chi connectivity index (χ3n) is 3.17. The summed E-state index contributed by atoms with van der Waals surface area (Å²) in [5.74, 6) is 1.46. The molecule has 2 aromatic rings. The first-order valence-electron chi connectivity index (χ1n) is 7.98. The molecule has 0 unspecified atom stereocenters. The summed E-state index contributed by atoms with van der Waals surface area (Å²) in [4.78, 5) is 23.5. The predicted molar refractivity (Wildman–Crippen MR) is 94.7 cm³/mol. The van der Waals surface area contributed by atoms with Gasteiger partial charge >= 0.3 is 0 Å². The molecule has 132 valence electrons. The van der Waals surface area contributed by atoms with E-state index in [1.54, 1.807) is 36.4 Å². The molecule has 0 aliphatic carbocycles. The van der Waals surface area contributed by atoms with Crippen molar-refractivity contribution in [1.82, 2.24) is 5.43 Å². The Morgan fingerprint density at radius 1 is 1.12 bits per heavy atom. The zero-order valence-corrected chi connectivity index (χ0v) is 14.2. The van der Waals surface area contributed by atoms with Gasteiger partial charge in [-0.1, -0.05) is 0 Å². The number of carbonyl (C=O) groups excluding carboxylic acids is 2. The summed E-state index contributed by atoms with van der Waals surface area (Å²) < 4.78 is 10.6. The van der Waals surface area contributed by atoms with Crippen molar-refractivity contribution in [2.75, 3.05) is 11.9 Å². The Balaban J connectivity index is 1.70. The first-order chi connectivity index (χ1) is 12.1. The Morgan fingerprint density at radius 2 is 1.84 bits per heavy atom. The molecule has 2 rings (SSSR count). The molecule has 25 heavy (non-hydrogen) atoms. The summed E-state index contributed by atoms with van der Waals surface area (Å²) in [6, 6.07) is 10.6. The number of amides is 2. The fraction of sp³-hybridized carbons (Fsp3) is 0.278. The monoisotopic (exact) mass is 343 g/mol. The van der Waals surface area contributed by atoms with Gasteiger partial charge in [-0.2, -0.15) is 5.10 Å². The minimum absolute atomic E-state index is 0.0391. The van der Waals surface area contributed by atoms with Gasteiger partial charge in [0.05, 0.1) is 12.8 Å². The van der Waals surface area contributed by atoms with Crippen molar-refractivity contribution >= 4 is 23.7 Å². The molecule has 2 amide bonds. The van der Waals surface area contributed by atoms with Gasteiger partial charge in [0, 0.05) is 18.5 Å². The second-order valence-electron chi connectivity index (χ2n) is 5.25. The molecule has 0 fully saturated rings. The summed E-state index contributed by atoms with van der Waals surface area (Å²) in [6.45, 7) is 4.31. The van der Waals surface area contributed by atoms with Crippen molar-refractivity contribution in [2.24, 2.45) is 5.10 Å². The molecule has 0 atom stereocenters. The SMILES string of the molecule is CCOc1ccc(NC(=O)CCC(=O)NN=Cc2ccc(C)o2)cc1. The number of rotatable bonds is 8. The number of hydrogen-bond donors (Lipinski definition) is 2. The van der Waals surface area contributed by atoms with E-state index in [0.717, 1.165) is 11.5 Å². The Morgan fingerprint density at radius 3 is 2.48 bits per heavy atom. The van der Waals surface area contributed by atoms with Gasteiger partial charge in [-0.05, 0) is 50.2 Å². The van der Waals surface area contributed by atoms with Crippen LogP contribution >= 0.6 is 0 Å². The minimum Gasteiger partial charge on any atom is -0.494 e. The molecule has 0 radical (unpaired) electrons. The van der Waals surface area contributed by atoms with E-state index < -0.39 is 0 Å². The normalized spacial score (nSPS) is 10.6. The lowest BCUT2D eigenvalue weighted by molar-refractivity contribution is -0.124. The summed E-state index contributed by atoms with van der Waals surface area (Å²) in [6.07, 6.45) is 1.51. The molecule has 1 aromatic heterocycles. The van der Waals surface area contributed by atoms with Crippen molar-refractivity contribution < 1.29 is 18.7 Å². The zero-order chi connectivity index (χ0) is 18.1. The van der Waals surface area contributed by atoms with Crippen LogP contribution in [0.3, 0.4) is 0 Å². The van der Waals surface area contributed by atoms with Crippen LogP contribution in [-0.2, 0) is 9.59 Å². The largest absolute Gasteiger partial charge is 0.494 e. The maximum absolute atomic E-state index is 11.8. The predicted octanol–water partition coefficient (Wildman–Crippen LogP) is 2.86. The van der Waals surface area contributed by atoms with E-state index >= 15 is 0 Å². The van der Waals surface area contributed by atoms with E-state index in [-0.39, 0.29) is 24.7 Å². The van der Waals surface area contributed by atoms with Gasteiger partial charge in [-0.15, -0.1) is 0 Å². The Hall–Kier alpha value is -3.09. The van der Waals surface area contributed by atoms with E-state index in [0.29, 0.717) is 18.1 Å². The molecule has 0 spiro atoms. The number of ether oxygens (including phenoxy) is 1.